The zero-order chi connectivity index (χ0) is 13.8. The molecule has 0 bridgehead atoms. The summed E-state index contributed by atoms with van der Waals surface area (Å²) >= 11 is 0. The number of nitrogens with one attached hydrogen (secondary N) is 1. The molecule has 1 aromatic heterocycles. The van der Waals surface area contributed by atoms with Gasteiger partial charge < -0.3 is 5.32 Å². The van der Waals surface area contributed by atoms with E-state index < -0.39 is 0 Å². The zero-order valence-corrected chi connectivity index (χ0v) is 12.1. The van der Waals surface area contributed by atoms with Gasteiger partial charge in [-0.25, -0.2) is 9.97 Å². The average molecular weight is 255 g/mol. The lowest BCUT2D eigenvalue weighted by atomic mass is 10.1. The molecule has 0 atom stereocenters. The largest absolute Gasteiger partial charge is 0.370 e. The third-order valence-corrected chi connectivity index (χ3v) is 2.97. The minimum Gasteiger partial charge on any atom is -0.370 e. The Morgan fingerprint density at radius 2 is 1.79 bits per heavy atom. The summed E-state index contributed by atoms with van der Waals surface area (Å²) in [4.78, 5) is 9.21. The molecule has 1 heterocycles. The van der Waals surface area contributed by atoms with Gasteiger partial charge in [-0.15, -0.1) is 0 Å². The van der Waals surface area contributed by atoms with Crippen LogP contribution in [-0.4, -0.2) is 16.5 Å². The van der Waals surface area contributed by atoms with Gasteiger partial charge >= 0.3 is 0 Å². The summed E-state index contributed by atoms with van der Waals surface area (Å²) in [7, 11) is 0. The maximum Gasteiger partial charge on any atom is 0.133 e. The van der Waals surface area contributed by atoms with Gasteiger partial charge in [0.15, 0.2) is 0 Å². The normalized spacial score (nSPS) is 10.8. The predicted octanol–water partition coefficient (Wildman–Crippen LogP) is 4.01. The van der Waals surface area contributed by atoms with Crippen LogP contribution in [0.4, 0.5) is 5.82 Å². The van der Waals surface area contributed by atoms with E-state index in [9.17, 15) is 0 Å². The van der Waals surface area contributed by atoms with Gasteiger partial charge in [-0.1, -0.05) is 43.7 Å². The van der Waals surface area contributed by atoms with Gasteiger partial charge in [0.25, 0.3) is 0 Å². The van der Waals surface area contributed by atoms with E-state index in [1.165, 1.54) is 5.56 Å². The van der Waals surface area contributed by atoms with Crippen LogP contribution in [0.15, 0.2) is 30.3 Å². The summed E-state index contributed by atoms with van der Waals surface area (Å²) in [5, 5.41) is 3.27. The minimum atomic E-state index is 0.322. The molecule has 19 heavy (non-hydrogen) atoms. The summed E-state index contributed by atoms with van der Waals surface area (Å²) in [5.74, 6) is 2.11. The molecule has 0 amide bonds. The molecule has 0 aliphatic carbocycles. The second kappa shape index (κ2) is 5.83. The number of anilines is 1. The maximum atomic E-state index is 4.66. The molecule has 2 aromatic rings. The van der Waals surface area contributed by atoms with Gasteiger partial charge in [-0.05, 0) is 13.8 Å². The Labute approximate surface area is 115 Å². The fourth-order valence-corrected chi connectivity index (χ4v) is 1.87. The molecule has 3 heteroatoms. The van der Waals surface area contributed by atoms with Gasteiger partial charge in [-0.3, -0.25) is 0 Å². The van der Waals surface area contributed by atoms with E-state index >= 15 is 0 Å². The van der Waals surface area contributed by atoms with Crippen molar-refractivity contribution in [1.82, 2.24) is 9.97 Å². The van der Waals surface area contributed by atoms with Gasteiger partial charge in [-0.2, -0.15) is 0 Å². The lowest BCUT2D eigenvalue weighted by molar-refractivity contribution is 0.776. The summed E-state index contributed by atoms with van der Waals surface area (Å²) in [6.07, 6.45) is 0. The Bertz CT molecular complexity index is 544. The minimum absolute atomic E-state index is 0.322. The number of aromatic nitrogens is 2. The summed E-state index contributed by atoms with van der Waals surface area (Å²) < 4.78 is 0. The lowest BCUT2D eigenvalue weighted by Gasteiger charge is -2.11. The molecular formula is C16H21N3. The quantitative estimate of drug-likeness (QED) is 0.897. The van der Waals surface area contributed by atoms with Crippen molar-refractivity contribution in [3.05, 3.63) is 41.7 Å². The molecule has 0 saturated carbocycles. The van der Waals surface area contributed by atoms with Gasteiger partial charge in [0, 0.05) is 24.1 Å². The van der Waals surface area contributed by atoms with Crippen LogP contribution in [0.2, 0.25) is 0 Å². The Balaban J connectivity index is 2.46. The Hall–Kier alpha value is -1.90. The molecule has 3 nitrogen and oxygen atoms in total. The highest BCUT2D eigenvalue weighted by molar-refractivity contribution is 5.62. The van der Waals surface area contributed by atoms with E-state index in [-0.39, 0.29) is 0 Å². The van der Waals surface area contributed by atoms with Gasteiger partial charge in [0.1, 0.15) is 11.6 Å². The summed E-state index contributed by atoms with van der Waals surface area (Å²) in [5.41, 5.74) is 3.37. The van der Waals surface area contributed by atoms with Crippen molar-refractivity contribution in [2.75, 3.05) is 11.9 Å². The van der Waals surface area contributed by atoms with Crippen LogP contribution in [0.3, 0.4) is 0 Å². The van der Waals surface area contributed by atoms with Crippen molar-refractivity contribution >= 4 is 5.82 Å². The molecule has 1 N–H and O–H groups in total. The van der Waals surface area contributed by atoms with Crippen molar-refractivity contribution in [2.24, 2.45) is 0 Å². The van der Waals surface area contributed by atoms with Crippen LogP contribution >= 0.6 is 0 Å². The van der Waals surface area contributed by atoms with E-state index in [0.29, 0.717) is 5.92 Å². The molecule has 0 spiro atoms. The molecular weight excluding hydrogens is 234 g/mol. The highest BCUT2D eigenvalue weighted by Gasteiger charge is 2.09. The first-order valence-electron chi connectivity index (χ1n) is 6.80. The van der Waals surface area contributed by atoms with Gasteiger partial charge in [0.05, 0.1) is 5.69 Å². The SMILES string of the molecule is CCNc1cc(-c2ccc(C)cc2)nc(C(C)C)n1. The van der Waals surface area contributed by atoms with Gasteiger partial charge in [0.2, 0.25) is 0 Å². The highest BCUT2D eigenvalue weighted by Crippen LogP contribution is 2.22. The Kier molecular flexibility index (Phi) is 4.15. The molecule has 0 fully saturated rings. The zero-order valence-electron chi connectivity index (χ0n) is 12.1. The molecule has 2 rings (SSSR count). The topological polar surface area (TPSA) is 37.8 Å². The fraction of sp³-hybridized carbons (Fsp3) is 0.375. The van der Waals surface area contributed by atoms with Crippen LogP contribution in [0.1, 0.15) is 38.1 Å². The Morgan fingerprint density at radius 1 is 1.11 bits per heavy atom. The van der Waals surface area contributed by atoms with Crippen molar-refractivity contribution in [3.8, 4) is 11.3 Å². The van der Waals surface area contributed by atoms with E-state index in [2.05, 4.69) is 67.2 Å². The maximum absolute atomic E-state index is 4.66. The summed E-state index contributed by atoms with van der Waals surface area (Å²) in [6, 6.07) is 10.5. The van der Waals surface area contributed by atoms with Crippen molar-refractivity contribution in [3.63, 3.8) is 0 Å². The number of benzene rings is 1. The standard InChI is InChI=1S/C16H21N3/c1-5-17-15-10-14(18-16(19-15)11(2)3)13-8-6-12(4)7-9-13/h6-11H,5H2,1-4H3,(H,17,18,19). The highest BCUT2D eigenvalue weighted by atomic mass is 15.0. The molecule has 0 aliphatic heterocycles. The lowest BCUT2D eigenvalue weighted by Crippen LogP contribution is -2.05. The monoisotopic (exact) mass is 255 g/mol. The second-order valence-corrected chi connectivity index (χ2v) is 5.05. The molecule has 100 valence electrons. The molecule has 0 unspecified atom stereocenters. The second-order valence-electron chi connectivity index (χ2n) is 5.05. The number of hydrogen-bond donors (Lipinski definition) is 1. The van der Waals surface area contributed by atoms with Crippen LogP contribution in [0.25, 0.3) is 11.3 Å². The number of nitrogens with zero attached hydrogens (tertiary/aromatic N) is 2. The first-order chi connectivity index (χ1) is 9.10. The number of hydrogen-bond acceptors (Lipinski definition) is 3. The van der Waals surface area contributed by atoms with Crippen LogP contribution in [0, 0.1) is 6.92 Å². The molecule has 1 aromatic carbocycles. The first kappa shape index (κ1) is 13.5. The van der Waals surface area contributed by atoms with Crippen LogP contribution in [-0.2, 0) is 0 Å². The third kappa shape index (κ3) is 3.31. The van der Waals surface area contributed by atoms with Crippen LogP contribution in [0.5, 0.6) is 0 Å². The fourth-order valence-electron chi connectivity index (χ4n) is 1.87. The molecule has 0 aliphatic rings. The van der Waals surface area contributed by atoms with Crippen molar-refractivity contribution in [1.29, 1.82) is 0 Å². The van der Waals surface area contributed by atoms with Crippen LogP contribution < -0.4 is 5.32 Å². The van der Waals surface area contributed by atoms with Crippen molar-refractivity contribution < 1.29 is 0 Å². The average Bonchev–Trinajstić information content (AvgIpc) is 2.39. The van der Waals surface area contributed by atoms with Crippen molar-refractivity contribution in [2.45, 2.75) is 33.6 Å². The third-order valence-electron chi connectivity index (χ3n) is 2.97. The first-order valence-corrected chi connectivity index (χ1v) is 6.80. The number of aryl methyl sites for hydroxylation is 1. The smallest absolute Gasteiger partial charge is 0.133 e. The predicted molar refractivity (Wildman–Crippen MR) is 80.5 cm³/mol. The number of rotatable bonds is 4. The van der Waals surface area contributed by atoms with E-state index in [4.69, 9.17) is 0 Å². The summed E-state index contributed by atoms with van der Waals surface area (Å²) in [6.45, 7) is 9.26. The van der Waals surface area contributed by atoms with E-state index in [0.717, 1.165) is 29.4 Å². The Morgan fingerprint density at radius 3 is 2.37 bits per heavy atom. The molecule has 0 saturated heterocycles. The van der Waals surface area contributed by atoms with E-state index in [1.54, 1.807) is 0 Å². The van der Waals surface area contributed by atoms with E-state index in [1.807, 2.05) is 6.07 Å². The molecule has 0 radical (unpaired) electrons.